The zero-order chi connectivity index (χ0) is 22.7. The number of amides is 1. The van der Waals surface area contributed by atoms with Gasteiger partial charge in [-0.25, -0.2) is 0 Å². The predicted molar refractivity (Wildman–Crippen MR) is 122 cm³/mol. The highest BCUT2D eigenvalue weighted by molar-refractivity contribution is 6.33. The summed E-state index contributed by atoms with van der Waals surface area (Å²) in [6, 6.07) is 15.8. The zero-order valence-corrected chi connectivity index (χ0v) is 18.8. The monoisotopic (exact) mass is 450 g/mol. The van der Waals surface area contributed by atoms with E-state index >= 15 is 0 Å². The van der Waals surface area contributed by atoms with Crippen LogP contribution in [0.4, 0.5) is 5.82 Å². The van der Waals surface area contributed by atoms with Gasteiger partial charge in [-0.1, -0.05) is 64.3 Å². The van der Waals surface area contributed by atoms with Gasteiger partial charge in [0.05, 0.1) is 12.1 Å². The highest BCUT2D eigenvalue weighted by Gasteiger charge is 2.22. The molecule has 0 aliphatic heterocycles. The van der Waals surface area contributed by atoms with E-state index in [1.165, 1.54) is 5.56 Å². The third-order valence-corrected chi connectivity index (χ3v) is 5.29. The molecule has 4 aromatic rings. The zero-order valence-electron chi connectivity index (χ0n) is 18.1. The average molecular weight is 451 g/mol. The highest BCUT2D eigenvalue weighted by Crippen LogP contribution is 2.23. The second-order valence-corrected chi connectivity index (χ2v) is 8.04. The lowest BCUT2D eigenvalue weighted by atomic mass is 10.1. The molecule has 0 radical (unpaired) electrons. The van der Waals surface area contributed by atoms with E-state index < -0.39 is 5.91 Å². The van der Waals surface area contributed by atoms with Crippen molar-refractivity contribution < 1.29 is 14.1 Å². The summed E-state index contributed by atoms with van der Waals surface area (Å²) in [5.74, 6) is 1.00. The van der Waals surface area contributed by atoms with E-state index in [2.05, 4.69) is 15.6 Å². The van der Waals surface area contributed by atoms with Gasteiger partial charge in [-0.2, -0.15) is 5.10 Å². The van der Waals surface area contributed by atoms with Crippen molar-refractivity contribution in [2.45, 2.75) is 33.9 Å². The first-order chi connectivity index (χ1) is 15.4. The van der Waals surface area contributed by atoms with E-state index in [0.717, 1.165) is 11.1 Å². The molecule has 2 aromatic heterocycles. The maximum atomic E-state index is 12.9. The molecule has 2 aromatic carbocycles. The molecule has 0 fully saturated rings. The second kappa shape index (κ2) is 9.28. The number of carbonyl (C=O) groups excluding carboxylic acids is 1. The van der Waals surface area contributed by atoms with Crippen LogP contribution in [-0.2, 0) is 13.2 Å². The number of anilines is 1. The Balaban J connectivity index is 1.45. The van der Waals surface area contributed by atoms with E-state index in [-0.39, 0.29) is 18.1 Å². The summed E-state index contributed by atoms with van der Waals surface area (Å²) in [6.07, 6.45) is 1.67. The second-order valence-electron chi connectivity index (χ2n) is 7.63. The Kier molecular flexibility index (Phi) is 6.28. The first-order valence-electron chi connectivity index (χ1n) is 10.1. The van der Waals surface area contributed by atoms with Gasteiger partial charge in [0.15, 0.2) is 11.5 Å². The molecule has 0 aliphatic rings. The molecule has 0 spiro atoms. The standard InChI is InChI=1S/C24H23ClN4O3/c1-15-4-8-18(9-5-15)12-29-13-21(25)23(27-29)26-24(30)22-20(17(3)32-28-22)14-31-19-10-6-16(2)7-11-19/h4-11,13H,12,14H2,1-3H3,(H,26,27,30). The summed E-state index contributed by atoms with van der Waals surface area (Å²) in [7, 11) is 0. The van der Waals surface area contributed by atoms with E-state index in [0.29, 0.717) is 28.6 Å². The summed E-state index contributed by atoms with van der Waals surface area (Å²) in [4.78, 5) is 12.9. The summed E-state index contributed by atoms with van der Waals surface area (Å²) in [5.41, 5.74) is 4.11. The quantitative estimate of drug-likeness (QED) is 0.411. The number of rotatable bonds is 7. The lowest BCUT2D eigenvalue weighted by Gasteiger charge is -2.07. The first kappa shape index (κ1) is 21.6. The van der Waals surface area contributed by atoms with Crippen LogP contribution in [0, 0.1) is 20.8 Å². The molecule has 0 saturated carbocycles. The van der Waals surface area contributed by atoms with Crippen molar-refractivity contribution >= 4 is 23.3 Å². The lowest BCUT2D eigenvalue weighted by Crippen LogP contribution is -2.16. The summed E-state index contributed by atoms with van der Waals surface area (Å²) >= 11 is 6.30. The summed E-state index contributed by atoms with van der Waals surface area (Å²) in [5, 5.41) is 11.4. The van der Waals surface area contributed by atoms with Crippen molar-refractivity contribution in [1.82, 2.24) is 14.9 Å². The Morgan fingerprint density at radius 3 is 2.41 bits per heavy atom. The highest BCUT2D eigenvalue weighted by atomic mass is 35.5. The Hall–Kier alpha value is -3.58. The number of benzene rings is 2. The number of aryl methyl sites for hydroxylation is 3. The summed E-state index contributed by atoms with van der Waals surface area (Å²) < 4.78 is 12.7. The van der Waals surface area contributed by atoms with Crippen molar-refractivity contribution in [2.75, 3.05) is 5.32 Å². The van der Waals surface area contributed by atoms with Gasteiger partial charge in [0.2, 0.25) is 0 Å². The van der Waals surface area contributed by atoms with Gasteiger partial charge in [0.25, 0.3) is 5.91 Å². The number of halogens is 1. The fourth-order valence-corrected chi connectivity index (χ4v) is 3.34. The third-order valence-electron chi connectivity index (χ3n) is 5.02. The molecule has 0 bridgehead atoms. The average Bonchev–Trinajstić information content (AvgIpc) is 3.31. The van der Waals surface area contributed by atoms with Crippen LogP contribution in [0.3, 0.4) is 0 Å². The molecular formula is C24H23ClN4O3. The maximum Gasteiger partial charge on any atom is 0.279 e. The maximum absolute atomic E-state index is 12.9. The van der Waals surface area contributed by atoms with Crippen LogP contribution in [0.1, 0.15) is 38.5 Å². The minimum absolute atomic E-state index is 0.138. The van der Waals surface area contributed by atoms with Gasteiger partial charge >= 0.3 is 0 Å². The first-order valence-corrected chi connectivity index (χ1v) is 10.5. The van der Waals surface area contributed by atoms with Gasteiger partial charge < -0.3 is 14.6 Å². The number of carbonyl (C=O) groups is 1. The van der Waals surface area contributed by atoms with Gasteiger partial charge in [-0.15, -0.1) is 0 Å². The Morgan fingerprint density at radius 2 is 1.72 bits per heavy atom. The Labute approximate surface area is 190 Å². The van der Waals surface area contributed by atoms with E-state index in [4.69, 9.17) is 20.9 Å². The van der Waals surface area contributed by atoms with Crippen molar-refractivity contribution in [3.8, 4) is 5.75 Å². The van der Waals surface area contributed by atoms with Gasteiger partial charge in [0, 0.05) is 6.20 Å². The molecule has 164 valence electrons. The third kappa shape index (κ3) is 5.00. The molecule has 32 heavy (non-hydrogen) atoms. The molecule has 1 N–H and O–H groups in total. The van der Waals surface area contributed by atoms with Crippen molar-refractivity contribution in [3.05, 3.63) is 93.5 Å². The van der Waals surface area contributed by atoms with Gasteiger partial charge in [-0.05, 0) is 38.5 Å². The molecule has 1 amide bonds. The number of aromatic nitrogens is 3. The molecule has 0 atom stereocenters. The molecule has 0 saturated heterocycles. The Bertz CT molecular complexity index is 1230. The molecule has 7 nitrogen and oxygen atoms in total. The fourth-order valence-electron chi connectivity index (χ4n) is 3.14. The molecule has 8 heteroatoms. The topological polar surface area (TPSA) is 82.2 Å². The number of hydrogen-bond acceptors (Lipinski definition) is 5. The van der Waals surface area contributed by atoms with Crippen molar-refractivity contribution in [2.24, 2.45) is 0 Å². The molecular weight excluding hydrogens is 428 g/mol. The number of ether oxygens (including phenoxy) is 1. The SMILES string of the molecule is Cc1ccc(Cn2cc(Cl)c(NC(=O)c3noc(C)c3COc3ccc(C)cc3)n2)cc1. The van der Waals surface area contributed by atoms with Crippen LogP contribution in [0.25, 0.3) is 0 Å². The van der Waals surface area contributed by atoms with E-state index in [9.17, 15) is 4.79 Å². The molecule has 4 rings (SSSR count). The largest absolute Gasteiger partial charge is 0.489 e. The van der Waals surface area contributed by atoms with E-state index in [1.807, 2.05) is 62.4 Å². The van der Waals surface area contributed by atoms with Crippen LogP contribution in [0.15, 0.2) is 59.3 Å². The minimum Gasteiger partial charge on any atom is -0.489 e. The fraction of sp³-hybridized carbons (Fsp3) is 0.208. The normalized spacial score (nSPS) is 10.9. The molecule has 0 aliphatic carbocycles. The Morgan fingerprint density at radius 1 is 1.06 bits per heavy atom. The number of nitrogens with one attached hydrogen (secondary N) is 1. The van der Waals surface area contributed by atoms with E-state index in [1.54, 1.807) is 17.8 Å². The van der Waals surface area contributed by atoms with Crippen LogP contribution < -0.4 is 10.1 Å². The molecule has 0 unspecified atom stereocenters. The van der Waals surface area contributed by atoms with Crippen molar-refractivity contribution in [3.63, 3.8) is 0 Å². The van der Waals surface area contributed by atoms with Gasteiger partial charge in [-0.3, -0.25) is 9.48 Å². The lowest BCUT2D eigenvalue weighted by molar-refractivity contribution is 0.101. The minimum atomic E-state index is -0.466. The van der Waals surface area contributed by atoms with Crippen LogP contribution in [-0.4, -0.2) is 20.8 Å². The predicted octanol–water partition coefficient (Wildman–Crippen LogP) is 5.33. The van der Waals surface area contributed by atoms with Crippen LogP contribution >= 0.6 is 11.6 Å². The van der Waals surface area contributed by atoms with Gasteiger partial charge in [0.1, 0.15) is 23.1 Å². The number of nitrogens with zero attached hydrogens (tertiary/aromatic N) is 3. The molecule has 2 heterocycles. The van der Waals surface area contributed by atoms with Crippen LogP contribution in [0.2, 0.25) is 5.02 Å². The number of hydrogen-bond donors (Lipinski definition) is 1. The summed E-state index contributed by atoms with van der Waals surface area (Å²) in [6.45, 7) is 6.46. The van der Waals surface area contributed by atoms with Crippen molar-refractivity contribution in [1.29, 1.82) is 0 Å². The van der Waals surface area contributed by atoms with Crippen LogP contribution in [0.5, 0.6) is 5.75 Å². The smallest absolute Gasteiger partial charge is 0.279 e.